The molecule has 6 nitrogen and oxygen atoms in total. The second kappa shape index (κ2) is 4.90. The van der Waals surface area contributed by atoms with Crippen molar-refractivity contribution >= 4 is 0 Å². The summed E-state index contributed by atoms with van der Waals surface area (Å²) >= 11 is 0. The van der Waals surface area contributed by atoms with Crippen LogP contribution in [-0.4, -0.2) is 25.2 Å². The Kier molecular flexibility index (Phi) is 2.94. The van der Waals surface area contributed by atoms with Gasteiger partial charge in [-0.25, -0.2) is 4.98 Å². The maximum atomic E-state index is 9.12. The molecule has 0 N–H and O–H groups in total. The van der Waals surface area contributed by atoms with Crippen LogP contribution in [0.2, 0.25) is 0 Å². The van der Waals surface area contributed by atoms with Crippen LogP contribution in [0, 0.1) is 18.3 Å². The summed E-state index contributed by atoms with van der Waals surface area (Å²) in [6.07, 6.45) is 0. The second-order valence-corrected chi connectivity index (χ2v) is 4.20. The Morgan fingerprint density at radius 2 is 1.90 bits per heavy atom. The van der Waals surface area contributed by atoms with Gasteiger partial charge in [0.25, 0.3) is 0 Å². The molecule has 0 aliphatic heterocycles. The molecule has 0 unspecified atom stereocenters. The van der Waals surface area contributed by atoms with E-state index in [9.17, 15) is 0 Å². The summed E-state index contributed by atoms with van der Waals surface area (Å²) in [5.41, 5.74) is 2.06. The molecule has 0 aliphatic carbocycles. The molecule has 0 saturated carbocycles. The summed E-state index contributed by atoms with van der Waals surface area (Å²) in [5, 5.41) is 21.4. The van der Waals surface area contributed by atoms with Crippen molar-refractivity contribution in [3.8, 4) is 23.3 Å². The van der Waals surface area contributed by atoms with Crippen molar-refractivity contribution in [2.75, 3.05) is 0 Å². The zero-order valence-corrected chi connectivity index (χ0v) is 10.7. The van der Waals surface area contributed by atoms with Crippen LogP contribution < -0.4 is 0 Å². The topological polar surface area (TPSA) is 80.3 Å². The number of hydrogen-bond donors (Lipinski definition) is 0. The molecule has 96 valence electrons. The molecule has 0 radical (unpaired) electrons. The third kappa shape index (κ3) is 2.12. The van der Waals surface area contributed by atoms with E-state index in [1.807, 2.05) is 37.3 Å². The summed E-state index contributed by atoms with van der Waals surface area (Å²) in [4.78, 5) is 5.58. The van der Waals surface area contributed by atoms with Crippen LogP contribution in [0.15, 0.2) is 42.5 Å². The first-order valence-electron chi connectivity index (χ1n) is 6.01. The molecule has 0 atom stereocenters. The van der Waals surface area contributed by atoms with Gasteiger partial charge >= 0.3 is 0 Å². The van der Waals surface area contributed by atoms with Gasteiger partial charge < -0.3 is 0 Å². The van der Waals surface area contributed by atoms with Gasteiger partial charge in [-0.3, -0.25) is 0 Å². The van der Waals surface area contributed by atoms with E-state index < -0.39 is 0 Å². The van der Waals surface area contributed by atoms with Crippen molar-refractivity contribution in [1.29, 1.82) is 5.26 Å². The van der Waals surface area contributed by atoms with E-state index in [2.05, 4.69) is 26.5 Å². The molecular weight excluding hydrogens is 252 g/mol. The number of hydrogen-bond acceptors (Lipinski definition) is 5. The van der Waals surface area contributed by atoms with E-state index in [1.165, 1.54) is 4.80 Å². The minimum Gasteiger partial charge on any atom is -0.231 e. The molecule has 2 aromatic heterocycles. The van der Waals surface area contributed by atoms with E-state index in [4.69, 9.17) is 5.26 Å². The molecular formula is C14H10N6. The third-order valence-corrected chi connectivity index (χ3v) is 2.77. The SMILES string of the molecule is Cc1ccc(C#N)c(-n2nnc(-c3ccccc3)n2)n1. The number of aromatic nitrogens is 5. The Bertz CT molecular complexity index is 785. The predicted molar refractivity (Wildman–Crippen MR) is 71.8 cm³/mol. The molecule has 0 aliphatic rings. The molecule has 1 aromatic carbocycles. The van der Waals surface area contributed by atoms with E-state index in [-0.39, 0.29) is 0 Å². The van der Waals surface area contributed by atoms with Crippen LogP contribution in [0.1, 0.15) is 11.3 Å². The van der Waals surface area contributed by atoms with Gasteiger partial charge in [0, 0.05) is 11.3 Å². The average molecular weight is 262 g/mol. The van der Waals surface area contributed by atoms with Crippen molar-refractivity contribution in [2.24, 2.45) is 0 Å². The Morgan fingerprint density at radius 3 is 2.65 bits per heavy atom. The number of aryl methyl sites for hydroxylation is 1. The lowest BCUT2D eigenvalue weighted by Gasteiger charge is -2.01. The quantitative estimate of drug-likeness (QED) is 0.704. The number of pyridine rings is 1. The van der Waals surface area contributed by atoms with Gasteiger partial charge in [-0.05, 0) is 24.3 Å². The van der Waals surface area contributed by atoms with Gasteiger partial charge in [-0.2, -0.15) is 5.26 Å². The maximum absolute atomic E-state index is 9.12. The maximum Gasteiger partial charge on any atom is 0.205 e. The van der Waals surface area contributed by atoms with Gasteiger partial charge in [-0.1, -0.05) is 30.3 Å². The highest BCUT2D eigenvalue weighted by molar-refractivity contribution is 5.53. The third-order valence-electron chi connectivity index (χ3n) is 2.77. The standard InChI is InChI=1S/C14H10N6/c1-10-7-8-12(9-15)14(16-10)20-18-13(17-19-20)11-5-3-2-4-6-11/h2-8H,1H3. The second-order valence-electron chi connectivity index (χ2n) is 4.20. The fourth-order valence-electron chi connectivity index (χ4n) is 1.79. The summed E-state index contributed by atoms with van der Waals surface area (Å²) in [7, 11) is 0. The zero-order valence-electron chi connectivity index (χ0n) is 10.7. The van der Waals surface area contributed by atoms with Crippen LogP contribution in [0.3, 0.4) is 0 Å². The van der Waals surface area contributed by atoms with Crippen molar-refractivity contribution in [3.63, 3.8) is 0 Å². The monoisotopic (exact) mass is 262 g/mol. The largest absolute Gasteiger partial charge is 0.231 e. The molecule has 6 heteroatoms. The molecule has 3 aromatic rings. The number of tetrazole rings is 1. The Labute approximate surface area is 115 Å². The van der Waals surface area contributed by atoms with Gasteiger partial charge in [0.2, 0.25) is 5.82 Å². The van der Waals surface area contributed by atoms with Crippen LogP contribution in [0.25, 0.3) is 17.2 Å². The van der Waals surface area contributed by atoms with Crippen LogP contribution >= 0.6 is 0 Å². The fourth-order valence-corrected chi connectivity index (χ4v) is 1.79. The Hall–Kier alpha value is -3.07. The van der Waals surface area contributed by atoms with Gasteiger partial charge in [0.15, 0.2) is 5.82 Å². The number of nitrogens with zero attached hydrogens (tertiary/aromatic N) is 6. The lowest BCUT2D eigenvalue weighted by molar-refractivity contribution is 0.696. The van der Waals surface area contributed by atoms with Gasteiger partial charge in [0.1, 0.15) is 6.07 Å². The Morgan fingerprint density at radius 1 is 1.10 bits per heavy atom. The normalized spacial score (nSPS) is 10.2. The van der Waals surface area contributed by atoms with Crippen molar-refractivity contribution < 1.29 is 0 Å². The summed E-state index contributed by atoms with van der Waals surface area (Å²) in [6.45, 7) is 1.85. The molecule has 0 spiro atoms. The molecule has 0 bridgehead atoms. The van der Waals surface area contributed by atoms with Crippen LogP contribution in [0.4, 0.5) is 0 Å². The van der Waals surface area contributed by atoms with E-state index >= 15 is 0 Å². The number of rotatable bonds is 2. The highest BCUT2D eigenvalue weighted by Crippen LogP contribution is 2.15. The van der Waals surface area contributed by atoms with E-state index in [0.717, 1.165) is 11.3 Å². The van der Waals surface area contributed by atoms with Crippen molar-refractivity contribution in [1.82, 2.24) is 25.2 Å². The first-order chi connectivity index (χ1) is 9.78. The van der Waals surface area contributed by atoms with Crippen LogP contribution in [-0.2, 0) is 0 Å². The number of benzene rings is 1. The highest BCUT2D eigenvalue weighted by Gasteiger charge is 2.12. The predicted octanol–water partition coefficient (Wildman–Crippen LogP) is 1.90. The van der Waals surface area contributed by atoms with Gasteiger partial charge in [0.05, 0.1) is 5.56 Å². The average Bonchev–Trinajstić information content (AvgIpc) is 2.98. The van der Waals surface area contributed by atoms with E-state index in [1.54, 1.807) is 12.1 Å². The molecule has 0 amide bonds. The number of nitriles is 1. The molecule has 2 heterocycles. The summed E-state index contributed by atoms with van der Waals surface area (Å²) < 4.78 is 0. The minimum atomic E-state index is 0.391. The molecule has 3 rings (SSSR count). The smallest absolute Gasteiger partial charge is 0.205 e. The minimum absolute atomic E-state index is 0.391. The highest BCUT2D eigenvalue weighted by atomic mass is 15.6. The molecule has 0 fully saturated rings. The van der Waals surface area contributed by atoms with Crippen LogP contribution in [0.5, 0.6) is 0 Å². The molecule has 20 heavy (non-hydrogen) atoms. The summed E-state index contributed by atoms with van der Waals surface area (Å²) in [5.74, 6) is 0.889. The van der Waals surface area contributed by atoms with Crippen molar-refractivity contribution in [2.45, 2.75) is 6.92 Å². The fraction of sp³-hybridized carbons (Fsp3) is 0.0714. The first kappa shape index (κ1) is 12.0. The first-order valence-corrected chi connectivity index (χ1v) is 6.01. The molecule has 0 saturated heterocycles. The van der Waals surface area contributed by atoms with Gasteiger partial charge in [-0.15, -0.1) is 15.0 Å². The summed E-state index contributed by atoms with van der Waals surface area (Å²) in [6, 6.07) is 15.1. The zero-order chi connectivity index (χ0) is 13.9. The lowest BCUT2D eigenvalue weighted by atomic mass is 10.2. The lowest BCUT2D eigenvalue weighted by Crippen LogP contribution is -2.05. The Balaban J connectivity index is 2.07. The van der Waals surface area contributed by atoms with E-state index in [0.29, 0.717) is 17.2 Å². The van der Waals surface area contributed by atoms with Crippen molar-refractivity contribution in [3.05, 3.63) is 53.7 Å².